The van der Waals surface area contributed by atoms with E-state index in [2.05, 4.69) is 19.2 Å². The summed E-state index contributed by atoms with van der Waals surface area (Å²) < 4.78 is 7.04. The molecule has 1 aliphatic carbocycles. The number of carbonyl (C=O) groups excluding carboxylic acids is 1. The minimum absolute atomic E-state index is 0.116. The molecule has 2 aromatic carbocycles. The predicted molar refractivity (Wildman–Crippen MR) is 120 cm³/mol. The van der Waals surface area contributed by atoms with Gasteiger partial charge in [0.05, 0.1) is 7.11 Å². The van der Waals surface area contributed by atoms with Crippen LogP contribution in [0.25, 0.3) is 11.4 Å². The Hall–Kier alpha value is -3.12. The van der Waals surface area contributed by atoms with Crippen LogP contribution in [0.4, 0.5) is 5.95 Å². The number of methoxy groups -OCH3 is 1. The second-order valence-electron chi connectivity index (χ2n) is 8.81. The van der Waals surface area contributed by atoms with Crippen LogP contribution >= 0.6 is 11.6 Å². The van der Waals surface area contributed by atoms with Crippen molar-refractivity contribution in [1.29, 1.82) is 0 Å². The van der Waals surface area contributed by atoms with Crippen molar-refractivity contribution in [2.75, 3.05) is 12.4 Å². The molecular weight excluding hydrogens is 412 g/mol. The lowest BCUT2D eigenvalue weighted by Crippen LogP contribution is -2.36. The Morgan fingerprint density at radius 2 is 1.87 bits per heavy atom. The summed E-state index contributed by atoms with van der Waals surface area (Å²) in [4.78, 5) is 18.0. The first-order valence-electron chi connectivity index (χ1n) is 10.2. The Morgan fingerprint density at radius 1 is 1.13 bits per heavy atom. The van der Waals surface area contributed by atoms with Gasteiger partial charge in [-0.25, -0.2) is 4.68 Å². The fourth-order valence-corrected chi connectivity index (χ4v) is 4.69. The van der Waals surface area contributed by atoms with Gasteiger partial charge >= 0.3 is 0 Å². The molecule has 3 aromatic rings. The largest absolute Gasteiger partial charge is 0.497 e. The zero-order valence-corrected chi connectivity index (χ0v) is 18.4. The van der Waals surface area contributed by atoms with Gasteiger partial charge in [-0.3, -0.25) is 4.79 Å². The lowest BCUT2D eigenvalue weighted by Gasteiger charge is -2.38. The standard InChI is InChI=1S/C24H23ClN4O2/c1-24(2)12-18-20(19(30)13-24)21(16-6-4-5-7-17(16)25)29-23(26-18)27-22(28-29)14-8-10-15(31-3)11-9-14/h4-11,21H,12-13H2,1-3H3,(H,26,27,28)/t21-/m1/s1. The lowest BCUT2D eigenvalue weighted by atomic mass is 9.73. The smallest absolute Gasteiger partial charge is 0.226 e. The summed E-state index contributed by atoms with van der Waals surface area (Å²) in [6.07, 6.45) is 1.25. The van der Waals surface area contributed by atoms with Gasteiger partial charge in [-0.1, -0.05) is 43.6 Å². The van der Waals surface area contributed by atoms with Crippen molar-refractivity contribution >= 4 is 23.3 Å². The highest BCUT2D eigenvalue weighted by molar-refractivity contribution is 6.31. The molecule has 1 aliphatic heterocycles. The third kappa shape index (κ3) is 3.41. The first kappa shape index (κ1) is 19.8. The minimum Gasteiger partial charge on any atom is -0.497 e. The summed E-state index contributed by atoms with van der Waals surface area (Å²) in [5.41, 5.74) is 3.23. The molecular formula is C24H23ClN4O2. The molecule has 0 amide bonds. The molecule has 6 nitrogen and oxygen atoms in total. The zero-order chi connectivity index (χ0) is 21.8. The van der Waals surface area contributed by atoms with Crippen molar-refractivity contribution < 1.29 is 9.53 Å². The zero-order valence-electron chi connectivity index (χ0n) is 17.6. The topological polar surface area (TPSA) is 69.0 Å². The van der Waals surface area contributed by atoms with Gasteiger partial charge in [-0.2, -0.15) is 4.98 Å². The van der Waals surface area contributed by atoms with Crippen LogP contribution in [0.15, 0.2) is 59.8 Å². The van der Waals surface area contributed by atoms with Crippen LogP contribution in [-0.2, 0) is 4.79 Å². The number of hydrogen-bond donors (Lipinski definition) is 1. The number of nitrogens with one attached hydrogen (secondary N) is 1. The maximum Gasteiger partial charge on any atom is 0.226 e. The van der Waals surface area contributed by atoms with Crippen LogP contribution in [0.2, 0.25) is 5.02 Å². The van der Waals surface area contributed by atoms with Crippen LogP contribution in [0, 0.1) is 5.41 Å². The molecule has 0 saturated carbocycles. The number of benzene rings is 2. The van der Waals surface area contributed by atoms with Crippen LogP contribution < -0.4 is 10.1 Å². The molecule has 1 aromatic heterocycles. The first-order chi connectivity index (χ1) is 14.9. The lowest BCUT2D eigenvalue weighted by molar-refractivity contribution is -0.118. The summed E-state index contributed by atoms with van der Waals surface area (Å²) in [6, 6.07) is 14.8. The van der Waals surface area contributed by atoms with Crippen molar-refractivity contribution in [3.8, 4) is 17.1 Å². The molecule has 158 valence electrons. The van der Waals surface area contributed by atoms with Gasteiger partial charge in [0.15, 0.2) is 11.6 Å². The fraction of sp³-hybridized carbons (Fsp3) is 0.292. The van der Waals surface area contributed by atoms with Gasteiger partial charge in [0.2, 0.25) is 5.95 Å². The van der Waals surface area contributed by atoms with E-state index >= 15 is 0 Å². The molecule has 0 spiro atoms. The highest BCUT2D eigenvalue weighted by Crippen LogP contribution is 2.46. The number of rotatable bonds is 3. The molecule has 2 heterocycles. The Labute approximate surface area is 185 Å². The molecule has 0 bridgehead atoms. The molecule has 31 heavy (non-hydrogen) atoms. The van der Waals surface area contributed by atoms with Gasteiger partial charge in [0.1, 0.15) is 11.8 Å². The van der Waals surface area contributed by atoms with Gasteiger partial charge in [-0.15, -0.1) is 5.10 Å². The number of nitrogens with zero attached hydrogens (tertiary/aromatic N) is 3. The number of carbonyl (C=O) groups is 1. The number of Topliss-reactive ketones (excluding diaryl/α,β-unsaturated/α-hetero) is 1. The fourth-order valence-electron chi connectivity index (χ4n) is 4.46. The van der Waals surface area contributed by atoms with Gasteiger partial charge in [-0.05, 0) is 42.2 Å². The number of ketones is 1. The van der Waals surface area contributed by atoms with E-state index in [1.807, 2.05) is 48.5 Å². The normalized spacial score (nSPS) is 19.5. The number of ether oxygens (including phenoxy) is 1. The van der Waals surface area contributed by atoms with E-state index in [1.54, 1.807) is 11.8 Å². The molecule has 0 radical (unpaired) electrons. The summed E-state index contributed by atoms with van der Waals surface area (Å²) in [7, 11) is 1.63. The minimum atomic E-state index is -0.414. The maximum absolute atomic E-state index is 13.3. The molecule has 1 N–H and O–H groups in total. The first-order valence-corrected chi connectivity index (χ1v) is 10.6. The highest BCUT2D eigenvalue weighted by Gasteiger charge is 2.42. The third-order valence-corrected chi connectivity index (χ3v) is 6.22. The van der Waals surface area contributed by atoms with Crippen LogP contribution in [0.3, 0.4) is 0 Å². The Bertz CT molecular complexity index is 1210. The van der Waals surface area contributed by atoms with Crippen LogP contribution in [-0.4, -0.2) is 27.7 Å². The Kier molecular flexibility index (Phi) is 4.63. The number of anilines is 1. The van der Waals surface area contributed by atoms with Crippen LogP contribution in [0.5, 0.6) is 5.75 Å². The second-order valence-corrected chi connectivity index (χ2v) is 9.22. The summed E-state index contributed by atoms with van der Waals surface area (Å²) in [5, 5.41) is 8.79. The molecule has 0 fully saturated rings. The summed E-state index contributed by atoms with van der Waals surface area (Å²) in [5.74, 6) is 2.08. The van der Waals surface area contributed by atoms with Crippen molar-refractivity contribution in [2.45, 2.75) is 32.7 Å². The number of allylic oxidation sites excluding steroid dienone is 2. The Morgan fingerprint density at radius 3 is 2.58 bits per heavy atom. The van der Waals surface area contributed by atoms with Gasteiger partial charge in [0, 0.05) is 33.8 Å². The van der Waals surface area contributed by atoms with E-state index in [0.29, 0.717) is 23.2 Å². The average molecular weight is 435 g/mol. The van der Waals surface area contributed by atoms with E-state index in [-0.39, 0.29) is 11.2 Å². The number of fused-ring (bicyclic) bond motifs is 1. The summed E-state index contributed by atoms with van der Waals surface area (Å²) >= 11 is 6.59. The predicted octanol–water partition coefficient (Wildman–Crippen LogP) is 5.27. The highest BCUT2D eigenvalue weighted by atomic mass is 35.5. The quantitative estimate of drug-likeness (QED) is 0.608. The van der Waals surface area contributed by atoms with E-state index in [9.17, 15) is 4.79 Å². The molecule has 0 unspecified atom stereocenters. The van der Waals surface area contributed by atoms with Crippen molar-refractivity contribution in [3.05, 3.63) is 70.4 Å². The molecule has 5 rings (SSSR count). The van der Waals surface area contributed by atoms with Crippen molar-refractivity contribution in [2.24, 2.45) is 5.41 Å². The number of aromatic nitrogens is 3. The monoisotopic (exact) mass is 434 g/mol. The van der Waals surface area contributed by atoms with Crippen molar-refractivity contribution in [3.63, 3.8) is 0 Å². The van der Waals surface area contributed by atoms with Gasteiger partial charge in [0.25, 0.3) is 0 Å². The molecule has 0 saturated heterocycles. The second kappa shape index (κ2) is 7.24. The molecule has 7 heteroatoms. The van der Waals surface area contributed by atoms with E-state index < -0.39 is 6.04 Å². The molecule has 2 aliphatic rings. The number of hydrogen-bond acceptors (Lipinski definition) is 5. The summed E-state index contributed by atoms with van der Waals surface area (Å²) in [6.45, 7) is 4.23. The van der Waals surface area contributed by atoms with E-state index in [1.165, 1.54) is 0 Å². The maximum atomic E-state index is 13.3. The third-order valence-electron chi connectivity index (χ3n) is 5.88. The molecule has 1 atom stereocenters. The Balaban J connectivity index is 1.67. The van der Waals surface area contributed by atoms with Crippen LogP contribution in [0.1, 0.15) is 38.3 Å². The van der Waals surface area contributed by atoms with E-state index in [0.717, 1.165) is 34.6 Å². The van der Waals surface area contributed by atoms with Gasteiger partial charge < -0.3 is 10.1 Å². The number of halogens is 1. The average Bonchev–Trinajstić information content (AvgIpc) is 3.15. The van der Waals surface area contributed by atoms with E-state index in [4.69, 9.17) is 26.4 Å². The van der Waals surface area contributed by atoms with Crippen molar-refractivity contribution in [1.82, 2.24) is 14.8 Å². The SMILES string of the molecule is COc1ccc(-c2nc3n(n2)[C@H](c2ccccc2Cl)C2=C(CC(C)(C)CC2=O)N3)cc1.